The van der Waals surface area contributed by atoms with Crippen molar-refractivity contribution < 1.29 is 0 Å². The van der Waals surface area contributed by atoms with Crippen molar-refractivity contribution in [3.8, 4) is 0 Å². The first kappa shape index (κ1) is 9.12. The lowest BCUT2D eigenvalue weighted by Gasteiger charge is -2.29. The summed E-state index contributed by atoms with van der Waals surface area (Å²) in [5.41, 5.74) is 7.79. The second-order valence-corrected chi connectivity index (χ2v) is 4.58. The lowest BCUT2D eigenvalue weighted by molar-refractivity contribution is 0.203. The Kier molecular flexibility index (Phi) is 2.93. The molecule has 2 N–H and O–H groups in total. The van der Waals surface area contributed by atoms with E-state index >= 15 is 0 Å². The van der Waals surface area contributed by atoms with Gasteiger partial charge in [-0.05, 0) is 19.4 Å². The highest BCUT2D eigenvalue weighted by Crippen LogP contribution is 2.14. The minimum atomic E-state index is 0.377. The molecule has 1 aromatic heterocycles. The van der Waals surface area contributed by atoms with Crippen LogP contribution in [0.1, 0.15) is 17.7 Å². The van der Waals surface area contributed by atoms with Crippen LogP contribution in [0, 0.1) is 0 Å². The first-order chi connectivity index (χ1) is 6.34. The Hall–Kier alpha value is -0.450. The Balaban J connectivity index is 1.87. The van der Waals surface area contributed by atoms with E-state index in [2.05, 4.69) is 9.88 Å². The van der Waals surface area contributed by atoms with Crippen molar-refractivity contribution in [2.45, 2.75) is 25.4 Å². The Morgan fingerprint density at radius 3 is 3.31 bits per heavy atom. The normalized spacial score (nSPS) is 24.8. The van der Waals surface area contributed by atoms with Crippen LogP contribution in [-0.2, 0) is 6.54 Å². The number of aromatic nitrogens is 1. The minimum Gasteiger partial charge on any atom is -0.327 e. The van der Waals surface area contributed by atoms with Crippen LogP contribution < -0.4 is 5.73 Å². The largest absolute Gasteiger partial charge is 0.327 e. The molecule has 0 aliphatic carbocycles. The average Bonchev–Trinajstić information content (AvgIpc) is 2.57. The third-order valence-electron chi connectivity index (χ3n) is 2.40. The zero-order valence-electron chi connectivity index (χ0n) is 7.65. The first-order valence-electron chi connectivity index (χ1n) is 4.70. The molecule has 0 bridgehead atoms. The van der Waals surface area contributed by atoms with Crippen LogP contribution in [-0.4, -0.2) is 29.0 Å². The van der Waals surface area contributed by atoms with Gasteiger partial charge in [-0.1, -0.05) is 0 Å². The van der Waals surface area contributed by atoms with Crippen molar-refractivity contribution in [1.29, 1.82) is 0 Å². The number of hydrogen-bond acceptors (Lipinski definition) is 4. The third kappa shape index (κ3) is 2.49. The van der Waals surface area contributed by atoms with E-state index in [-0.39, 0.29) is 0 Å². The van der Waals surface area contributed by atoms with Gasteiger partial charge < -0.3 is 5.73 Å². The summed E-state index contributed by atoms with van der Waals surface area (Å²) in [5.74, 6) is 0. The second-order valence-electron chi connectivity index (χ2n) is 3.61. The molecule has 4 heteroatoms. The highest BCUT2D eigenvalue weighted by molar-refractivity contribution is 7.09. The third-order valence-corrected chi connectivity index (χ3v) is 3.17. The van der Waals surface area contributed by atoms with Crippen LogP contribution in [0.15, 0.2) is 11.7 Å². The van der Waals surface area contributed by atoms with Crippen LogP contribution >= 0.6 is 11.3 Å². The Bertz CT molecular complexity index is 247. The summed E-state index contributed by atoms with van der Waals surface area (Å²) in [6, 6.07) is 0.377. The summed E-state index contributed by atoms with van der Waals surface area (Å²) in [7, 11) is 0. The maximum Gasteiger partial charge on any atom is 0.0794 e. The molecule has 3 nitrogen and oxygen atoms in total. The Labute approximate surface area is 82.6 Å². The molecule has 13 heavy (non-hydrogen) atoms. The monoisotopic (exact) mass is 197 g/mol. The SMILES string of the molecule is NC1CCCN(Cc2cncs2)C1. The van der Waals surface area contributed by atoms with Gasteiger partial charge in [0, 0.05) is 30.2 Å². The Morgan fingerprint density at radius 2 is 2.62 bits per heavy atom. The van der Waals surface area contributed by atoms with Crippen LogP contribution in [0.3, 0.4) is 0 Å². The first-order valence-corrected chi connectivity index (χ1v) is 5.58. The average molecular weight is 197 g/mol. The number of thiazole rings is 1. The van der Waals surface area contributed by atoms with Gasteiger partial charge in [-0.15, -0.1) is 11.3 Å². The fraction of sp³-hybridized carbons (Fsp3) is 0.667. The van der Waals surface area contributed by atoms with Crippen LogP contribution in [0.25, 0.3) is 0 Å². The summed E-state index contributed by atoms with van der Waals surface area (Å²) in [5, 5.41) is 0. The molecule has 1 saturated heterocycles. The summed E-state index contributed by atoms with van der Waals surface area (Å²) >= 11 is 1.72. The van der Waals surface area contributed by atoms with Gasteiger partial charge in [0.1, 0.15) is 0 Å². The van der Waals surface area contributed by atoms with E-state index in [1.807, 2.05) is 11.7 Å². The topological polar surface area (TPSA) is 42.1 Å². The van der Waals surface area contributed by atoms with Crippen molar-refractivity contribution in [2.75, 3.05) is 13.1 Å². The van der Waals surface area contributed by atoms with Crippen LogP contribution in [0.5, 0.6) is 0 Å². The molecule has 0 radical (unpaired) electrons. The van der Waals surface area contributed by atoms with Crippen LogP contribution in [0.2, 0.25) is 0 Å². The molecule has 0 saturated carbocycles. The van der Waals surface area contributed by atoms with Gasteiger partial charge >= 0.3 is 0 Å². The Morgan fingerprint density at radius 1 is 1.69 bits per heavy atom. The summed E-state index contributed by atoms with van der Waals surface area (Å²) in [6.45, 7) is 3.25. The predicted molar refractivity (Wildman–Crippen MR) is 54.6 cm³/mol. The van der Waals surface area contributed by atoms with Crippen molar-refractivity contribution in [3.63, 3.8) is 0 Å². The van der Waals surface area contributed by atoms with Gasteiger partial charge in [-0.2, -0.15) is 0 Å². The van der Waals surface area contributed by atoms with Crippen molar-refractivity contribution in [1.82, 2.24) is 9.88 Å². The molecule has 0 aromatic carbocycles. The standard InChI is InChI=1S/C9H15N3S/c10-8-2-1-3-12(5-8)6-9-4-11-7-13-9/h4,7-8H,1-3,5-6,10H2. The van der Waals surface area contributed by atoms with Crippen molar-refractivity contribution in [3.05, 3.63) is 16.6 Å². The molecule has 2 rings (SSSR count). The number of hydrogen-bond donors (Lipinski definition) is 1. The number of nitrogens with zero attached hydrogens (tertiary/aromatic N) is 2. The lowest BCUT2D eigenvalue weighted by atomic mass is 10.1. The maximum absolute atomic E-state index is 5.90. The van der Waals surface area contributed by atoms with Gasteiger partial charge in [0.15, 0.2) is 0 Å². The number of likely N-dealkylation sites (tertiary alicyclic amines) is 1. The quantitative estimate of drug-likeness (QED) is 0.771. The van der Waals surface area contributed by atoms with Crippen molar-refractivity contribution >= 4 is 11.3 Å². The summed E-state index contributed by atoms with van der Waals surface area (Å²) < 4.78 is 0. The van der Waals surface area contributed by atoms with Crippen LogP contribution in [0.4, 0.5) is 0 Å². The fourth-order valence-corrected chi connectivity index (χ4v) is 2.41. The number of rotatable bonds is 2. The second kappa shape index (κ2) is 4.17. The van der Waals surface area contributed by atoms with E-state index in [1.165, 1.54) is 24.3 Å². The fourth-order valence-electron chi connectivity index (χ4n) is 1.78. The molecule has 2 heterocycles. The van der Waals surface area contributed by atoms with E-state index in [1.54, 1.807) is 11.3 Å². The van der Waals surface area contributed by atoms with E-state index < -0.39 is 0 Å². The van der Waals surface area contributed by atoms with E-state index in [4.69, 9.17) is 5.73 Å². The van der Waals surface area contributed by atoms with E-state index in [0.717, 1.165) is 13.1 Å². The minimum absolute atomic E-state index is 0.377. The summed E-state index contributed by atoms with van der Waals surface area (Å²) in [6.07, 6.45) is 4.37. The zero-order chi connectivity index (χ0) is 9.10. The maximum atomic E-state index is 5.90. The molecular weight excluding hydrogens is 182 g/mol. The molecule has 0 spiro atoms. The van der Waals surface area contributed by atoms with Crippen molar-refractivity contribution in [2.24, 2.45) is 5.73 Å². The van der Waals surface area contributed by atoms with Gasteiger partial charge in [0.25, 0.3) is 0 Å². The van der Waals surface area contributed by atoms with Gasteiger partial charge in [0.05, 0.1) is 5.51 Å². The molecule has 1 atom stereocenters. The lowest BCUT2D eigenvalue weighted by Crippen LogP contribution is -2.42. The van der Waals surface area contributed by atoms with E-state index in [9.17, 15) is 0 Å². The smallest absolute Gasteiger partial charge is 0.0794 e. The number of piperidine rings is 1. The van der Waals surface area contributed by atoms with Gasteiger partial charge in [0.2, 0.25) is 0 Å². The van der Waals surface area contributed by atoms with E-state index in [0.29, 0.717) is 6.04 Å². The summed E-state index contributed by atoms with van der Waals surface area (Å²) in [4.78, 5) is 7.83. The molecule has 1 fully saturated rings. The zero-order valence-corrected chi connectivity index (χ0v) is 8.46. The highest BCUT2D eigenvalue weighted by atomic mass is 32.1. The van der Waals surface area contributed by atoms with Gasteiger partial charge in [-0.3, -0.25) is 9.88 Å². The molecule has 1 unspecified atom stereocenters. The molecule has 1 aliphatic heterocycles. The molecular formula is C9H15N3S. The predicted octanol–water partition coefficient (Wildman–Crippen LogP) is 1.07. The molecule has 1 aliphatic rings. The number of nitrogens with two attached hydrogens (primary N) is 1. The van der Waals surface area contributed by atoms with Gasteiger partial charge in [-0.25, -0.2) is 0 Å². The highest BCUT2D eigenvalue weighted by Gasteiger charge is 2.16. The molecule has 1 aromatic rings. The molecule has 72 valence electrons. The molecule has 0 amide bonds.